The van der Waals surface area contributed by atoms with Crippen molar-refractivity contribution in [2.45, 2.75) is 20.4 Å². The normalized spacial score (nSPS) is 11.1. The Kier molecular flexibility index (Phi) is 3.29. The molecule has 1 aromatic heterocycles. The third-order valence-electron chi connectivity index (χ3n) is 2.55. The molecule has 0 aliphatic carbocycles. The lowest BCUT2D eigenvalue weighted by atomic mass is 10.1. The monoisotopic (exact) mass is 239 g/mol. The smallest absolute Gasteiger partial charge is 0.0584 e. The quantitative estimate of drug-likeness (QED) is 0.855. The van der Waals surface area contributed by atoms with Crippen LogP contribution in [0.5, 0.6) is 0 Å². The van der Waals surface area contributed by atoms with E-state index in [2.05, 4.69) is 25.2 Å². The highest BCUT2D eigenvalue weighted by atomic mass is 35.5. The van der Waals surface area contributed by atoms with Crippen LogP contribution in [-0.2, 0) is 6.54 Å². The van der Waals surface area contributed by atoms with Gasteiger partial charge in [0.25, 0.3) is 0 Å². The fourth-order valence-electron chi connectivity index (χ4n) is 1.67. The molecule has 0 aliphatic heterocycles. The Hall–Kier alpha value is -0.570. The number of hydrogen-bond donors (Lipinski definition) is 1. The minimum Gasteiger partial charge on any atom is -0.312 e. The van der Waals surface area contributed by atoms with E-state index in [0.29, 0.717) is 0 Å². The molecule has 2 aromatic rings. The van der Waals surface area contributed by atoms with E-state index in [9.17, 15) is 0 Å². The highest BCUT2D eigenvalue weighted by Gasteiger charge is 2.09. The van der Waals surface area contributed by atoms with Gasteiger partial charge >= 0.3 is 0 Å². The molecule has 0 saturated heterocycles. The lowest BCUT2D eigenvalue weighted by molar-refractivity contribution is 0.733. The average molecular weight is 240 g/mol. The molecule has 80 valence electrons. The third kappa shape index (κ3) is 2.03. The van der Waals surface area contributed by atoms with Gasteiger partial charge in [0.05, 0.1) is 9.72 Å². The average Bonchev–Trinajstić information content (AvgIpc) is 2.55. The van der Waals surface area contributed by atoms with Crippen LogP contribution < -0.4 is 5.32 Å². The van der Waals surface area contributed by atoms with Crippen LogP contribution in [0.1, 0.15) is 17.4 Å². The van der Waals surface area contributed by atoms with Gasteiger partial charge < -0.3 is 5.32 Å². The van der Waals surface area contributed by atoms with Gasteiger partial charge in [0.1, 0.15) is 0 Å². The van der Waals surface area contributed by atoms with Gasteiger partial charge in [-0.2, -0.15) is 0 Å². The van der Waals surface area contributed by atoms with Gasteiger partial charge in [0.2, 0.25) is 0 Å². The van der Waals surface area contributed by atoms with Crippen molar-refractivity contribution in [1.29, 1.82) is 0 Å². The first-order valence-electron chi connectivity index (χ1n) is 5.11. The number of thiophene rings is 1. The number of hydrogen-bond acceptors (Lipinski definition) is 2. The van der Waals surface area contributed by atoms with E-state index in [0.717, 1.165) is 18.1 Å². The van der Waals surface area contributed by atoms with Crippen molar-refractivity contribution in [3.63, 3.8) is 0 Å². The van der Waals surface area contributed by atoms with Gasteiger partial charge in [-0.15, -0.1) is 11.3 Å². The second-order valence-corrected chi connectivity index (χ2v) is 5.06. The molecule has 0 amide bonds. The zero-order valence-corrected chi connectivity index (χ0v) is 10.5. The molecule has 1 nitrogen and oxygen atoms in total. The summed E-state index contributed by atoms with van der Waals surface area (Å²) in [5.74, 6) is 0. The summed E-state index contributed by atoms with van der Waals surface area (Å²) in [6, 6.07) is 6.11. The summed E-state index contributed by atoms with van der Waals surface area (Å²) in [7, 11) is 0. The maximum Gasteiger partial charge on any atom is 0.0584 e. The summed E-state index contributed by atoms with van der Waals surface area (Å²) < 4.78 is 1.21. The minimum absolute atomic E-state index is 0.864. The van der Waals surface area contributed by atoms with Crippen LogP contribution in [-0.4, -0.2) is 6.54 Å². The summed E-state index contributed by atoms with van der Waals surface area (Å²) in [6.07, 6.45) is 0. The number of nitrogens with one attached hydrogen (secondary N) is 1. The van der Waals surface area contributed by atoms with Crippen LogP contribution in [0.4, 0.5) is 0 Å². The fraction of sp³-hybridized carbons (Fsp3) is 0.333. The molecule has 0 saturated carbocycles. The van der Waals surface area contributed by atoms with Crippen LogP contribution in [0.15, 0.2) is 18.2 Å². The Morgan fingerprint density at radius 3 is 2.87 bits per heavy atom. The molecule has 0 atom stereocenters. The minimum atomic E-state index is 0.864. The van der Waals surface area contributed by atoms with Crippen molar-refractivity contribution in [1.82, 2.24) is 5.32 Å². The molecular weight excluding hydrogens is 226 g/mol. The molecule has 0 radical (unpaired) electrons. The van der Waals surface area contributed by atoms with Crippen molar-refractivity contribution in [2.75, 3.05) is 6.54 Å². The number of fused-ring (bicyclic) bond motifs is 1. The van der Waals surface area contributed by atoms with Gasteiger partial charge in [0, 0.05) is 11.4 Å². The zero-order chi connectivity index (χ0) is 10.8. The standard InChI is InChI=1S/C12H14ClNS/c1-3-14-7-11-8(2)9-5-4-6-10(13)12(9)15-11/h4-6,14H,3,7H2,1-2H3. The SMILES string of the molecule is CCNCc1sc2c(Cl)cccc2c1C. The molecule has 0 bridgehead atoms. The predicted octanol–water partition coefficient (Wildman–Crippen LogP) is 3.97. The maximum atomic E-state index is 6.17. The molecule has 1 N–H and O–H groups in total. The van der Waals surface area contributed by atoms with Crippen molar-refractivity contribution >= 4 is 33.0 Å². The lowest BCUT2D eigenvalue weighted by Gasteiger charge is -1.99. The summed E-state index contributed by atoms with van der Waals surface area (Å²) in [5, 5.41) is 5.51. The third-order valence-corrected chi connectivity index (χ3v) is 4.32. The predicted molar refractivity (Wildman–Crippen MR) is 69.0 cm³/mol. The number of aryl methyl sites for hydroxylation is 1. The maximum absolute atomic E-state index is 6.17. The second-order valence-electron chi connectivity index (χ2n) is 3.55. The van der Waals surface area contributed by atoms with E-state index < -0.39 is 0 Å². The molecule has 0 aliphatic rings. The summed E-state index contributed by atoms with van der Waals surface area (Å²) >= 11 is 7.96. The molecule has 0 fully saturated rings. The van der Waals surface area contributed by atoms with Gasteiger partial charge in [-0.3, -0.25) is 0 Å². The van der Waals surface area contributed by atoms with Crippen LogP contribution in [0, 0.1) is 6.92 Å². The first kappa shape index (κ1) is 10.9. The number of benzene rings is 1. The summed E-state index contributed by atoms with van der Waals surface area (Å²) in [5.41, 5.74) is 1.36. The highest BCUT2D eigenvalue weighted by Crippen LogP contribution is 2.35. The van der Waals surface area contributed by atoms with Gasteiger partial charge in [-0.25, -0.2) is 0 Å². The fourth-order valence-corrected chi connectivity index (χ4v) is 3.14. The van der Waals surface area contributed by atoms with Crippen LogP contribution >= 0.6 is 22.9 Å². The Labute approximate surface area is 99.1 Å². The number of rotatable bonds is 3. The zero-order valence-electron chi connectivity index (χ0n) is 8.93. The molecule has 1 aromatic carbocycles. The molecule has 3 heteroatoms. The van der Waals surface area contributed by atoms with E-state index in [-0.39, 0.29) is 0 Å². The van der Waals surface area contributed by atoms with Gasteiger partial charge in [-0.05, 0) is 30.5 Å². The van der Waals surface area contributed by atoms with Crippen molar-refractivity contribution < 1.29 is 0 Å². The summed E-state index contributed by atoms with van der Waals surface area (Å²) in [6.45, 7) is 6.23. The van der Waals surface area contributed by atoms with Crippen molar-refractivity contribution in [3.8, 4) is 0 Å². The first-order valence-corrected chi connectivity index (χ1v) is 6.30. The van der Waals surface area contributed by atoms with E-state index in [1.54, 1.807) is 11.3 Å². The van der Waals surface area contributed by atoms with Crippen LogP contribution in [0.3, 0.4) is 0 Å². The van der Waals surface area contributed by atoms with Crippen LogP contribution in [0.2, 0.25) is 5.02 Å². The van der Waals surface area contributed by atoms with Crippen molar-refractivity contribution in [2.24, 2.45) is 0 Å². The van der Waals surface area contributed by atoms with Crippen molar-refractivity contribution in [3.05, 3.63) is 33.7 Å². The van der Waals surface area contributed by atoms with Crippen LogP contribution in [0.25, 0.3) is 10.1 Å². The molecule has 1 heterocycles. The second kappa shape index (κ2) is 4.52. The summed E-state index contributed by atoms with van der Waals surface area (Å²) in [4.78, 5) is 1.39. The van der Waals surface area contributed by atoms with E-state index >= 15 is 0 Å². The van der Waals surface area contributed by atoms with Gasteiger partial charge in [0.15, 0.2) is 0 Å². The largest absolute Gasteiger partial charge is 0.312 e. The number of halogens is 1. The van der Waals surface area contributed by atoms with Gasteiger partial charge in [-0.1, -0.05) is 30.7 Å². The topological polar surface area (TPSA) is 12.0 Å². The molecule has 2 rings (SSSR count). The lowest BCUT2D eigenvalue weighted by Crippen LogP contribution is -2.11. The Balaban J connectivity index is 2.49. The Bertz CT molecular complexity index is 476. The molecule has 15 heavy (non-hydrogen) atoms. The molecular formula is C12H14ClNS. The van der Waals surface area contributed by atoms with E-state index in [1.807, 2.05) is 12.1 Å². The van der Waals surface area contributed by atoms with E-state index in [4.69, 9.17) is 11.6 Å². The molecule has 0 unspecified atom stereocenters. The Morgan fingerprint density at radius 2 is 2.20 bits per heavy atom. The Morgan fingerprint density at radius 1 is 1.40 bits per heavy atom. The highest BCUT2D eigenvalue weighted by molar-refractivity contribution is 7.20. The molecule has 0 spiro atoms. The first-order chi connectivity index (χ1) is 7.24. The van der Waals surface area contributed by atoms with E-state index in [1.165, 1.54) is 20.5 Å².